The summed E-state index contributed by atoms with van der Waals surface area (Å²) in [7, 11) is 0. The first-order valence-electron chi connectivity index (χ1n) is 25.6. The van der Waals surface area contributed by atoms with E-state index < -0.39 is 6.10 Å². The van der Waals surface area contributed by atoms with E-state index in [4.69, 9.17) is 14.2 Å². The number of rotatable bonds is 45. The van der Waals surface area contributed by atoms with Crippen LogP contribution in [0, 0.1) is 17.8 Å². The highest BCUT2D eigenvalue weighted by Crippen LogP contribution is 2.18. The van der Waals surface area contributed by atoms with Gasteiger partial charge in [-0.3, -0.25) is 14.4 Å². The molecule has 344 valence electrons. The summed E-state index contributed by atoms with van der Waals surface area (Å²) in [6.45, 7) is 13.7. The monoisotopic (exact) mass is 821 g/mol. The molecule has 0 aromatic carbocycles. The lowest BCUT2D eigenvalue weighted by atomic mass is 9.99. The van der Waals surface area contributed by atoms with Crippen molar-refractivity contribution < 1.29 is 28.6 Å². The van der Waals surface area contributed by atoms with Crippen molar-refractivity contribution in [3.8, 4) is 0 Å². The number of carbonyl (C=O) groups is 3. The molecule has 0 saturated heterocycles. The Kier molecular flexibility index (Phi) is 42.3. The third-order valence-electron chi connectivity index (χ3n) is 12.0. The van der Waals surface area contributed by atoms with Crippen molar-refractivity contribution in [1.29, 1.82) is 0 Å². The van der Waals surface area contributed by atoms with Crippen molar-refractivity contribution in [1.82, 2.24) is 0 Å². The van der Waals surface area contributed by atoms with Gasteiger partial charge < -0.3 is 14.2 Å². The van der Waals surface area contributed by atoms with Gasteiger partial charge in [-0.1, -0.05) is 241 Å². The van der Waals surface area contributed by atoms with Crippen LogP contribution in [0.15, 0.2) is 0 Å². The van der Waals surface area contributed by atoms with Gasteiger partial charge in [0, 0.05) is 19.3 Å². The first-order chi connectivity index (χ1) is 28.1. The average Bonchev–Trinajstić information content (AvgIpc) is 3.19. The van der Waals surface area contributed by atoms with E-state index in [0.29, 0.717) is 19.3 Å². The summed E-state index contributed by atoms with van der Waals surface area (Å²) in [4.78, 5) is 37.9. The first-order valence-corrected chi connectivity index (χ1v) is 25.6. The Bertz CT molecular complexity index is 900. The van der Waals surface area contributed by atoms with Crippen LogP contribution < -0.4 is 0 Å². The van der Waals surface area contributed by atoms with E-state index in [1.807, 2.05) is 0 Å². The van der Waals surface area contributed by atoms with Crippen LogP contribution in [0.5, 0.6) is 0 Å². The topological polar surface area (TPSA) is 78.9 Å². The molecule has 58 heavy (non-hydrogen) atoms. The third kappa shape index (κ3) is 44.0. The summed E-state index contributed by atoms with van der Waals surface area (Å²) in [6.07, 6.45) is 42.4. The Morgan fingerprint density at radius 1 is 0.345 bits per heavy atom. The fraction of sp³-hybridized carbons (Fsp3) is 0.942. The lowest BCUT2D eigenvalue weighted by Gasteiger charge is -2.18. The van der Waals surface area contributed by atoms with Gasteiger partial charge >= 0.3 is 17.9 Å². The third-order valence-corrected chi connectivity index (χ3v) is 12.0. The van der Waals surface area contributed by atoms with Gasteiger partial charge in [-0.25, -0.2) is 0 Å². The smallest absolute Gasteiger partial charge is 0.306 e. The van der Waals surface area contributed by atoms with E-state index in [9.17, 15) is 14.4 Å². The molecule has 0 amide bonds. The molecule has 0 rings (SSSR count). The van der Waals surface area contributed by atoms with Crippen molar-refractivity contribution in [3.63, 3.8) is 0 Å². The number of ether oxygens (including phenoxy) is 3. The van der Waals surface area contributed by atoms with Crippen LogP contribution in [0.2, 0.25) is 0 Å². The maximum atomic E-state index is 12.8. The Morgan fingerprint density at radius 2 is 0.603 bits per heavy atom. The standard InChI is InChI=1S/C52H100O6/c1-7-48(6)40-34-28-22-17-18-23-29-35-41-50(53)56-44-49(45-57-51(54)42-36-30-25-19-21-27-33-39-47(4)5)58-52(55)43-37-31-24-16-14-12-10-8-9-11-13-15-20-26-32-38-46(2)3/h46-49H,7-45H2,1-6H3/t48?,49-/m0/s1. The van der Waals surface area contributed by atoms with E-state index in [-0.39, 0.29) is 31.1 Å². The van der Waals surface area contributed by atoms with E-state index in [0.717, 1.165) is 75.5 Å². The summed E-state index contributed by atoms with van der Waals surface area (Å²) >= 11 is 0. The van der Waals surface area contributed by atoms with Crippen LogP contribution in [-0.4, -0.2) is 37.2 Å². The lowest BCUT2D eigenvalue weighted by Crippen LogP contribution is -2.30. The first kappa shape index (κ1) is 56.4. The zero-order valence-corrected chi connectivity index (χ0v) is 39.8. The Morgan fingerprint density at radius 3 is 0.897 bits per heavy atom. The second-order valence-corrected chi connectivity index (χ2v) is 19.0. The molecular formula is C52H100O6. The van der Waals surface area contributed by atoms with Gasteiger partial charge in [0.2, 0.25) is 0 Å². The summed E-state index contributed by atoms with van der Waals surface area (Å²) in [5.74, 6) is 1.62. The molecule has 2 atom stereocenters. The molecule has 0 heterocycles. The van der Waals surface area contributed by atoms with Gasteiger partial charge in [-0.2, -0.15) is 0 Å². The van der Waals surface area contributed by atoms with Crippen LogP contribution in [0.4, 0.5) is 0 Å². The number of hydrogen-bond acceptors (Lipinski definition) is 6. The highest BCUT2D eigenvalue weighted by Gasteiger charge is 2.19. The summed E-state index contributed by atoms with van der Waals surface area (Å²) in [5.41, 5.74) is 0. The van der Waals surface area contributed by atoms with Crippen LogP contribution >= 0.6 is 0 Å². The fourth-order valence-electron chi connectivity index (χ4n) is 7.73. The van der Waals surface area contributed by atoms with E-state index in [2.05, 4.69) is 41.5 Å². The second kappa shape index (κ2) is 43.5. The molecule has 0 spiro atoms. The molecule has 1 unspecified atom stereocenters. The Labute approximate surface area is 361 Å². The SMILES string of the molecule is CCC(C)CCCCCCCCCCC(=O)OC[C@@H](COC(=O)CCCCCCCCCC(C)C)OC(=O)CCCCCCCCCCCCCCCCCC(C)C. The number of esters is 3. The summed E-state index contributed by atoms with van der Waals surface area (Å²) in [6, 6.07) is 0. The van der Waals surface area contributed by atoms with Crippen LogP contribution in [0.3, 0.4) is 0 Å². The highest BCUT2D eigenvalue weighted by atomic mass is 16.6. The fourth-order valence-corrected chi connectivity index (χ4v) is 7.73. The molecule has 0 aliphatic heterocycles. The minimum absolute atomic E-state index is 0.0657. The van der Waals surface area contributed by atoms with Gasteiger partial charge in [-0.05, 0) is 37.0 Å². The zero-order chi connectivity index (χ0) is 42.7. The molecule has 0 aromatic heterocycles. The average molecular weight is 821 g/mol. The molecule has 0 N–H and O–H groups in total. The van der Waals surface area contributed by atoms with Gasteiger partial charge in [0.25, 0.3) is 0 Å². The van der Waals surface area contributed by atoms with Crippen LogP contribution in [0.1, 0.15) is 279 Å². The van der Waals surface area contributed by atoms with Crippen molar-refractivity contribution in [2.24, 2.45) is 17.8 Å². The largest absolute Gasteiger partial charge is 0.462 e. The van der Waals surface area contributed by atoms with Gasteiger partial charge in [-0.15, -0.1) is 0 Å². The molecular weight excluding hydrogens is 721 g/mol. The Hall–Kier alpha value is -1.59. The molecule has 0 bridgehead atoms. The highest BCUT2D eigenvalue weighted by molar-refractivity contribution is 5.71. The molecule has 0 aliphatic rings. The molecule has 0 aromatic rings. The van der Waals surface area contributed by atoms with Gasteiger partial charge in [0.05, 0.1) is 0 Å². The minimum atomic E-state index is -0.763. The van der Waals surface area contributed by atoms with Crippen molar-refractivity contribution in [3.05, 3.63) is 0 Å². The van der Waals surface area contributed by atoms with E-state index in [1.54, 1.807) is 0 Å². The predicted octanol–water partition coefficient (Wildman–Crippen LogP) is 16.4. The van der Waals surface area contributed by atoms with Crippen molar-refractivity contribution in [2.75, 3.05) is 13.2 Å². The predicted molar refractivity (Wildman–Crippen MR) is 247 cm³/mol. The molecule has 6 nitrogen and oxygen atoms in total. The number of hydrogen-bond donors (Lipinski definition) is 0. The molecule has 6 heteroatoms. The summed E-state index contributed by atoms with van der Waals surface area (Å²) < 4.78 is 16.8. The quantitative estimate of drug-likeness (QED) is 0.0346. The number of unbranched alkanes of at least 4 members (excludes halogenated alkanes) is 27. The van der Waals surface area contributed by atoms with Gasteiger partial charge in [0.1, 0.15) is 13.2 Å². The van der Waals surface area contributed by atoms with Crippen molar-refractivity contribution >= 4 is 17.9 Å². The molecule has 0 radical (unpaired) electrons. The normalized spacial score (nSPS) is 12.6. The van der Waals surface area contributed by atoms with Crippen LogP contribution in [-0.2, 0) is 28.6 Å². The summed E-state index contributed by atoms with van der Waals surface area (Å²) in [5, 5.41) is 0. The van der Waals surface area contributed by atoms with E-state index >= 15 is 0 Å². The number of carbonyl (C=O) groups excluding carboxylic acids is 3. The molecule has 0 aliphatic carbocycles. The lowest BCUT2D eigenvalue weighted by molar-refractivity contribution is -0.167. The minimum Gasteiger partial charge on any atom is -0.462 e. The van der Waals surface area contributed by atoms with Crippen molar-refractivity contribution in [2.45, 2.75) is 285 Å². The molecule has 0 fully saturated rings. The van der Waals surface area contributed by atoms with Crippen LogP contribution in [0.25, 0.3) is 0 Å². The van der Waals surface area contributed by atoms with Gasteiger partial charge in [0.15, 0.2) is 6.10 Å². The second-order valence-electron chi connectivity index (χ2n) is 19.0. The molecule has 0 saturated carbocycles. The maximum absolute atomic E-state index is 12.8. The Balaban J connectivity index is 4.29. The van der Waals surface area contributed by atoms with E-state index in [1.165, 1.54) is 161 Å². The maximum Gasteiger partial charge on any atom is 0.306 e. The zero-order valence-electron chi connectivity index (χ0n) is 39.8.